The van der Waals surface area contributed by atoms with E-state index >= 15 is 0 Å². The zero-order valence-corrected chi connectivity index (χ0v) is 65.2. The van der Waals surface area contributed by atoms with Gasteiger partial charge in [-0.25, -0.2) is 9.13 Å². The SMILES string of the molecule is CCCCCCCCCCCCCCCCCCCCCCCCC(=O)O[C@H](COC(=O)CCCCCCCCCCCCCCCC(C)C)COP(=O)(O)OC[C@@H](O)COP(=O)(O)OC[C@@H](COC(=O)CCCCCCC)OC(=O)CCCCCCCCCCCCCC(C)C. The lowest BCUT2D eigenvalue weighted by molar-refractivity contribution is -0.161. The third kappa shape index (κ3) is 72.2. The fourth-order valence-corrected chi connectivity index (χ4v) is 13.6. The third-order valence-electron chi connectivity index (χ3n) is 18.2. The summed E-state index contributed by atoms with van der Waals surface area (Å²) in [5.41, 5.74) is 0. The molecule has 3 N–H and O–H groups in total. The predicted octanol–water partition coefficient (Wildman–Crippen LogP) is 23.1. The van der Waals surface area contributed by atoms with Gasteiger partial charge in [0.05, 0.1) is 26.4 Å². The van der Waals surface area contributed by atoms with Crippen LogP contribution in [0.1, 0.15) is 408 Å². The number of phosphoric acid groups is 2. The van der Waals surface area contributed by atoms with Crippen LogP contribution >= 0.6 is 15.6 Å². The van der Waals surface area contributed by atoms with Gasteiger partial charge in [0, 0.05) is 25.7 Å². The van der Waals surface area contributed by atoms with Gasteiger partial charge >= 0.3 is 39.5 Å². The molecule has 2 unspecified atom stereocenters. The molecule has 0 rings (SSSR count). The molecule has 0 fully saturated rings. The summed E-state index contributed by atoms with van der Waals surface area (Å²) in [5, 5.41) is 10.6. The lowest BCUT2D eigenvalue weighted by Gasteiger charge is -2.21. The maximum absolute atomic E-state index is 13.1. The number of esters is 4. The summed E-state index contributed by atoms with van der Waals surface area (Å²) in [4.78, 5) is 72.6. The molecule has 0 aromatic carbocycles. The predicted molar refractivity (Wildman–Crippen MR) is 395 cm³/mol. The Hall–Kier alpha value is -1.94. The van der Waals surface area contributed by atoms with Gasteiger partial charge in [0.15, 0.2) is 12.2 Å². The summed E-state index contributed by atoms with van der Waals surface area (Å²) >= 11 is 0. The number of carbonyl (C=O) groups is 4. The molecule has 0 saturated heterocycles. The lowest BCUT2D eigenvalue weighted by atomic mass is 10.0. The molecule has 0 radical (unpaired) electrons. The largest absolute Gasteiger partial charge is 0.472 e. The highest BCUT2D eigenvalue weighted by atomic mass is 31.2. The van der Waals surface area contributed by atoms with E-state index < -0.39 is 97.5 Å². The second kappa shape index (κ2) is 69.8. The molecule has 0 saturated carbocycles. The highest BCUT2D eigenvalue weighted by Gasteiger charge is 2.30. The maximum Gasteiger partial charge on any atom is 0.472 e. The van der Waals surface area contributed by atoms with Gasteiger partial charge in [-0.15, -0.1) is 0 Å². The van der Waals surface area contributed by atoms with Crippen molar-refractivity contribution >= 4 is 39.5 Å². The first-order valence-electron chi connectivity index (χ1n) is 40.5. The monoisotopic (exact) mass is 1420 g/mol. The van der Waals surface area contributed by atoms with Gasteiger partial charge in [-0.3, -0.25) is 37.3 Å². The number of carbonyl (C=O) groups excluding carboxylic acids is 4. The van der Waals surface area contributed by atoms with Gasteiger partial charge in [0.25, 0.3) is 0 Å². The van der Waals surface area contributed by atoms with E-state index in [2.05, 4.69) is 41.5 Å². The normalized spacial score (nSPS) is 14.0. The fraction of sp³-hybridized carbons (Fsp3) is 0.949. The van der Waals surface area contributed by atoms with Crippen molar-refractivity contribution in [2.75, 3.05) is 39.6 Å². The fourth-order valence-electron chi connectivity index (χ4n) is 12.0. The number of aliphatic hydroxyl groups excluding tert-OH is 1. The van der Waals surface area contributed by atoms with Gasteiger partial charge in [0.2, 0.25) is 0 Å². The van der Waals surface area contributed by atoms with Crippen LogP contribution in [0.5, 0.6) is 0 Å². The van der Waals surface area contributed by atoms with E-state index in [0.717, 1.165) is 108 Å². The molecule has 17 nitrogen and oxygen atoms in total. The molecule has 0 aromatic rings. The minimum atomic E-state index is -4.96. The number of aliphatic hydroxyl groups is 1. The number of phosphoric ester groups is 2. The molecule has 0 aliphatic heterocycles. The molecular weight excluding hydrogens is 1270 g/mol. The molecule has 19 heteroatoms. The topological polar surface area (TPSA) is 237 Å². The number of rotatable bonds is 77. The van der Waals surface area contributed by atoms with Gasteiger partial charge in [-0.05, 0) is 37.5 Å². The van der Waals surface area contributed by atoms with Crippen molar-refractivity contribution in [2.24, 2.45) is 11.8 Å². The van der Waals surface area contributed by atoms with Gasteiger partial charge < -0.3 is 33.8 Å². The highest BCUT2D eigenvalue weighted by Crippen LogP contribution is 2.45. The van der Waals surface area contributed by atoms with Crippen molar-refractivity contribution in [1.29, 1.82) is 0 Å². The molecule has 0 aliphatic carbocycles. The van der Waals surface area contributed by atoms with Crippen molar-refractivity contribution in [3.05, 3.63) is 0 Å². The van der Waals surface area contributed by atoms with E-state index in [1.807, 2.05) is 0 Å². The van der Waals surface area contributed by atoms with E-state index in [0.29, 0.717) is 25.7 Å². The Morgan fingerprint density at radius 1 is 0.278 bits per heavy atom. The summed E-state index contributed by atoms with van der Waals surface area (Å²) in [6, 6.07) is 0. The number of hydrogen-bond donors (Lipinski definition) is 3. The molecule has 5 atom stereocenters. The van der Waals surface area contributed by atoms with E-state index in [1.54, 1.807) is 0 Å². The summed E-state index contributed by atoms with van der Waals surface area (Å²) in [7, 11) is -9.90. The first-order chi connectivity index (χ1) is 46.9. The zero-order valence-electron chi connectivity index (χ0n) is 63.4. The first kappa shape index (κ1) is 95.1. The second-order valence-corrected chi connectivity index (χ2v) is 32.0. The highest BCUT2D eigenvalue weighted by molar-refractivity contribution is 7.47. The lowest BCUT2D eigenvalue weighted by Crippen LogP contribution is -2.30. The summed E-state index contributed by atoms with van der Waals surface area (Å²) in [6.45, 7) is 9.53. The number of unbranched alkanes of at least 4 members (excludes halogenated alkanes) is 47. The molecule has 0 bridgehead atoms. The Labute approximate surface area is 594 Å². The Morgan fingerprint density at radius 2 is 0.474 bits per heavy atom. The standard InChI is InChI=1S/C78H152O17P2/c1-7-9-11-13-14-15-16-17-18-19-20-21-22-23-24-25-28-34-39-44-50-56-62-78(83)95-74(67-89-76(81)61-55-49-43-38-33-29-26-27-31-36-41-47-52-58-70(3)4)69-93-97(86,87)91-65-72(79)64-90-96(84,85)92-68-73(66-88-75(80)60-54-46-12-10-8-2)94-77(82)63-57-51-45-40-35-30-32-37-42-48-53-59-71(5)6/h70-74,79H,7-69H2,1-6H3,(H,84,85)(H,86,87)/t72-,73+,74+/m0/s1. The van der Waals surface area contributed by atoms with Crippen LogP contribution in [0.15, 0.2) is 0 Å². The average Bonchev–Trinajstić information content (AvgIpc) is 1.42. The Kier molecular flexibility index (Phi) is 68.4. The van der Waals surface area contributed by atoms with Crippen LogP contribution in [-0.2, 0) is 65.4 Å². The van der Waals surface area contributed by atoms with Crippen LogP contribution in [0.3, 0.4) is 0 Å². The van der Waals surface area contributed by atoms with Crippen LogP contribution in [0.25, 0.3) is 0 Å². The van der Waals surface area contributed by atoms with E-state index in [4.69, 9.17) is 37.0 Å². The van der Waals surface area contributed by atoms with E-state index in [9.17, 15) is 43.2 Å². The van der Waals surface area contributed by atoms with Crippen LogP contribution < -0.4 is 0 Å². The minimum Gasteiger partial charge on any atom is -0.462 e. The van der Waals surface area contributed by atoms with Crippen molar-refractivity contribution in [1.82, 2.24) is 0 Å². The molecule has 0 heterocycles. The molecule has 576 valence electrons. The smallest absolute Gasteiger partial charge is 0.462 e. The van der Waals surface area contributed by atoms with E-state index in [1.165, 1.54) is 218 Å². The van der Waals surface area contributed by atoms with Crippen molar-refractivity contribution in [3.8, 4) is 0 Å². The summed E-state index contributed by atoms with van der Waals surface area (Å²) in [5.74, 6) is -0.569. The molecule has 97 heavy (non-hydrogen) atoms. The van der Waals surface area contributed by atoms with Crippen LogP contribution in [0, 0.1) is 11.8 Å². The second-order valence-electron chi connectivity index (χ2n) is 29.1. The summed E-state index contributed by atoms with van der Waals surface area (Å²) in [6.07, 6.45) is 58.8. The van der Waals surface area contributed by atoms with Crippen LogP contribution in [-0.4, -0.2) is 96.7 Å². The molecule has 0 amide bonds. The molecule has 0 spiro atoms. The Bertz CT molecular complexity index is 1870. The van der Waals surface area contributed by atoms with Crippen molar-refractivity contribution in [3.63, 3.8) is 0 Å². The van der Waals surface area contributed by atoms with Crippen LogP contribution in [0.2, 0.25) is 0 Å². The molecule has 0 aliphatic rings. The number of ether oxygens (including phenoxy) is 4. The number of hydrogen-bond acceptors (Lipinski definition) is 15. The van der Waals surface area contributed by atoms with Gasteiger partial charge in [0.1, 0.15) is 19.3 Å². The Balaban J connectivity index is 5.11. The average molecular weight is 1420 g/mol. The van der Waals surface area contributed by atoms with Crippen molar-refractivity contribution in [2.45, 2.75) is 426 Å². The minimum absolute atomic E-state index is 0.106. The quantitative estimate of drug-likeness (QED) is 0.0222. The molecular formula is C78H152O17P2. The summed E-state index contributed by atoms with van der Waals surface area (Å²) < 4.78 is 68.4. The zero-order chi connectivity index (χ0) is 71.4. The molecule has 0 aromatic heterocycles. The van der Waals surface area contributed by atoms with Crippen molar-refractivity contribution < 1.29 is 80.2 Å². The van der Waals surface area contributed by atoms with Gasteiger partial charge in [-0.2, -0.15) is 0 Å². The van der Waals surface area contributed by atoms with Crippen LogP contribution in [0.4, 0.5) is 0 Å². The van der Waals surface area contributed by atoms with E-state index in [-0.39, 0.29) is 25.7 Å². The third-order valence-corrected chi connectivity index (χ3v) is 20.1. The maximum atomic E-state index is 13.1. The van der Waals surface area contributed by atoms with Gasteiger partial charge in [-0.1, -0.05) is 356 Å². The Morgan fingerprint density at radius 3 is 0.701 bits per heavy atom. The first-order valence-corrected chi connectivity index (χ1v) is 43.5.